The lowest BCUT2D eigenvalue weighted by Crippen LogP contribution is -2.06. The lowest BCUT2D eigenvalue weighted by molar-refractivity contribution is -0.135. The van der Waals surface area contributed by atoms with E-state index >= 15 is 0 Å². The van der Waals surface area contributed by atoms with Gasteiger partial charge in [0.2, 0.25) is 0 Å². The normalized spacial score (nSPS) is 10.6. The molecule has 0 heterocycles. The van der Waals surface area contributed by atoms with E-state index in [4.69, 9.17) is 10.00 Å². The highest BCUT2D eigenvalue weighted by Gasteiger charge is 2.09. The second-order valence-electron chi connectivity index (χ2n) is 5.24. The minimum Gasteiger partial charge on any atom is -0.491 e. The Labute approximate surface area is 147 Å². The van der Waals surface area contributed by atoms with Gasteiger partial charge in [0, 0.05) is 6.20 Å². The maximum Gasteiger partial charge on any atom is 0.350 e. The van der Waals surface area contributed by atoms with Gasteiger partial charge >= 0.3 is 5.97 Å². The number of rotatable bonds is 8. The number of carbonyl (C=O) groups excluding carboxylic acids is 1. The number of carbonyl (C=O) groups is 1. The highest BCUT2D eigenvalue weighted by Crippen LogP contribution is 2.24. The molecule has 0 spiro atoms. The van der Waals surface area contributed by atoms with Crippen LogP contribution in [0.1, 0.15) is 12.0 Å². The third-order valence-corrected chi connectivity index (χ3v) is 3.50. The number of nitrogens with one attached hydrogen (secondary N) is 1. The second-order valence-corrected chi connectivity index (χ2v) is 5.24. The molecule has 2 aromatic carbocycles. The summed E-state index contributed by atoms with van der Waals surface area (Å²) >= 11 is 0. The molecule has 0 aliphatic rings. The number of hydrogen-bond donors (Lipinski definition) is 1. The Bertz CT molecular complexity index is 764. The molecule has 128 valence electrons. The molecule has 0 aliphatic heterocycles. The lowest BCUT2D eigenvalue weighted by atomic mass is 10.1. The van der Waals surface area contributed by atoms with Crippen LogP contribution in [0.25, 0.3) is 0 Å². The van der Waals surface area contributed by atoms with E-state index in [0.717, 1.165) is 12.8 Å². The number of para-hydroxylation sites is 2. The SMILES string of the molecule is COC(=O)/C(C#N)=C\Nc1ccccc1OCCCc1ccccc1. The Morgan fingerprint density at radius 3 is 2.60 bits per heavy atom. The maximum atomic E-state index is 11.4. The van der Waals surface area contributed by atoms with Crippen LogP contribution >= 0.6 is 0 Å². The van der Waals surface area contributed by atoms with E-state index in [1.54, 1.807) is 6.07 Å². The topological polar surface area (TPSA) is 71.4 Å². The summed E-state index contributed by atoms with van der Waals surface area (Å²) in [5.74, 6) is -0.0229. The van der Waals surface area contributed by atoms with E-state index in [2.05, 4.69) is 22.2 Å². The van der Waals surface area contributed by atoms with Crippen LogP contribution in [0, 0.1) is 11.3 Å². The van der Waals surface area contributed by atoms with Crippen molar-refractivity contribution in [1.82, 2.24) is 0 Å². The first-order chi connectivity index (χ1) is 12.2. The van der Waals surface area contributed by atoms with Crippen molar-refractivity contribution < 1.29 is 14.3 Å². The number of esters is 1. The first-order valence-electron chi connectivity index (χ1n) is 7.95. The first kappa shape index (κ1) is 18.1. The van der Waals surface area contributed by atoms with Crippen molar-refractivity contribution in [3.8, 4) is 11.8 Å². The molecule has 0 amide bonds. The molecule has 25 heavy (non-hydrogen) atoms. The Kier molecular flexibility index (Phi) is 7.08. The second kappa shape index (κ2) is 9.78. The Hall–Kier alpha value is -3.26. The zero-order valence-corrected chi connectivity index (χ0v) is 14.1. The van der Waals surface area contributed by atoms with Gasteiger partial charge in [0.1, 0.15) is 11.8 Å². The van der Waals surface area contributed by atoms with Crippen LogP contribution < -0.4 is 10.1 Å². The fraction of sp³-hybridized carbons (Fsp3) is 0.200. The monoisotopic (exact) mass is 336 g/mol. The largest absolute Gasteiger partial charge is 0.491 e. The number of methoxy groups -OCH3 is 1. The standard InChI is InChI=1S/C20H20N2O3/c1-24-20(23)17(14-21)15-22-18-11-5-6-12-19(18)25-13-7-10-16-8-3-2-4-9-16/h2-6,8-9,11-12,15,22H,7,10,13H2,1H3/b17-15-. The number of nitrogens with zero attached hydrogens (tertiary/aromatic N) is 1. The minimum absolute atomic E-state index is 0.110. The summed E-state index contributed by atoms with van der Waals surface area (Å²) in [6.45, 7) is 0.569. The fourth-order valence-corrected chi connectivity index (χ4v) is 2.21. The third-order valence-electron chi connectivity index (χ3n) is 3.50. The molecule has 0 aromatic heterocycles. The summed E-state index contributed by atoms with van der Waals surface area (Å²) in [7, 11) is 1.23. The van der Waals surface area contributed by atoms with Gasteiger partial charge in [-0.05, 0) is 30.5 Å². The predicted molar refractivity (Wildman–Crippen MR) is 96.0 cm³/mol. The maximum absolute atomic E-state index is 11.4. The van der Waals surface area contributed by atoms with E-state index in [9.17, 15) is 4.79 Å². The summed E-state index contributed by atoms with van der Waals surface area (Å²) in [6.07, 6.45) is 3.15. The average molecular weight is 336 g/mol. The van der Waals surface area contributed by atoms with Gasteiger partial charge in [-0.3, -0.25) is 0 Å². The highest BCUT2D eigenvalue weighted by atomic mass is 16.5. The van der Waals surface area contributed by atoms with Crippen LogP contribution in [0.2, 0.25) is 0 Å². The molecular formula is C20H20N2O3. The molecular weight excluding hydrogens is 316 g/mol. The van der Waals surface area contributed by atoms with Gasteiger partial charge in [0.15, 0.2) is 5.57 Å². The van der Waals surface area contributed by atoms with Gasteiger partial charge < -0.3 is 14.8 Å². The van der Waals surface area contributed by atoms with Gasteiger partial charge in [0.05, 0.1) is 19.4 Å². The summed E-state index contributed by atoms with van der Waals surface area (Å²) in [5, 5.41) is 11.9. The zero-order chi connectivity index (χ0) is 17.9. The Morgan fingerprint density at radius 1 is 1.16 bits per heavy atom. The van der Waals surface area contributed by atoms with Gasteiger partial charge in [-0.2, -0.15) is 5.26 Å². The van der Waals surface area contributed by atoms with Crippen LogP contribution in [0.15, 0.2) is 66.4 Å². The van der Waals surface area contributed by atoms with Crippen LogP contribution in [0.3, 0.4) is 0 Å². The molecule has 5 nitrogen and oxygen atoms in total. The number of aryl methyl sites for hydroxylation is 1. The molecule has 0 fully saturated rings. The summed E-state index contributed by atoms with van der Waals surface area (Å²) in [4.78, 5) is 11.4. The van der Waals surface area contributed by atoms with Crippen LogP contribution in [-0.4, -0.2) is 19.7 Å². The minimum atomic E-state index is -0.684. The van der Waals surface area contributed by atoms with E-state index in [1.807, 2.05) is 42.5 Å². The van der Waals surface area contributed by atoms with Crippen LogP contribution in [0.4, 0.5) is 5.69 Å². The molecule has 0 atom stereocenters. The summed E-state index contributed by atoms with van der Waals surface area (Å²) in [5.41, 5.74) is 1.84. The molecule has 5 heteroatoms. The molecule has 0 bridgehead atoms. The van der Waals surface area contributed by atoms with E-state index in [-0.39, 0.29) is 5.57 Å². The summed E-state index contributed by atoms with van der Waals surface area (Å²) in [6, 6.07) is 19.4. The quantitative estimate of drug-likeness (QED) is 0.344. The lowest BCUT2D eigenvalue weighted by Gasteiger charge is -2.11. The van der Waals surface area contributed by atoms with Crippen molar-refractivity contribution in [3.05, 3.63) is 71.9 Å². The Balaban J connectivity index is 1.92. The molecule has 0 radical (unpaired) electrons. The molecule has 2 rings (SSSR count). The number of anilines is 1. The van der Waals surface area contributed by atoms with Crippen molar-refractivity contribution in [3.63, 3.8) is 0 Å². The van der Waals surface area contributed by atoms with Gasteiger partial charge in [-0.15, -0.1) is 0 Å². The van der Waals surface area contributed by atoms with Gasteiger partial charge in [-0.25, -0.2) is 4.79 Å². The van der Waals surface area contributed by atoms with Gasteiger partial charge in [0.25, 0.3) is 0 Å². The Morgan fingerprint density at radius 2 is 1.88 bits per heavy atom. The van der Waals surface area contributed by atoms with E-state index in [0.29, 0.717) is 18.0 Å². The van der Waals surface area contributed by atoms with Crippen molar-refractivity contribution in [1.29, 1.82) is 5.26 Å². The number of ether oxygens (including phenoxy) is 2. The van der Waals surface area contributed by atoms with Crippen LogP contribution in [-0.2, 0) is 16.0 Å². The number of nitriles is 1. The fourth-order valence-electron chi connectivity index (χ4n) is 2.21. The molecule has 1 N–H and O–H groups in total. The van der Waals surface area contributed by atoms with Crippen molar-refractivity contribution in [2.24, 2.45) is 0 Å². The smallest absolute Gasteiger partial charge is 0.350 e. The molecule has 2 aromatic rings. The molecule has 0 unspecified atom stereocenters. The van der Waals surface area contributed by atoms with E-state index in [1.165, 1.54) is 18.9 Å². The van der Waals surface area contributed by atoms with Gasteiger partial charge in [-0.1, -0.05) is 42.5 Å². The first-order valence-corrected chi connectivity index (χ1v) is 7.95. The van der Waals surface area contributed by atoms with Crippen molar-refractivity contribution in [2.75, 3.05) is 19.0 Å². The molecule has 0 saturated heterocycles. The number of hydrogen-bond acceptors (Lipinski definition) is 5. The molecule has 0 saturated carbocycles. The predicted octanol–water partition coefficient (Wildman–Crippen LogP) is 3.69. The molecule has 0 aliphatic carbocycles. The third kappa shape index (κ3) is 5.70. The number of benzene rings is 2. The average Bonchev–Trinajstić information content (AvgIpc) is 2.67. The van der Waals surface area contributed by atoms with E-state index < -0.39 is 5.97 Å². The van der Waals surface area contributed by atoms with Crippen molar-refractivity contribution >= 4 is 11.7 Å². The van der Waals surface area contributed by atoms with Crippen LogP contribution in [0.5, 0.6) is 5.75 Å². The highest BCUT2D eigenvalue weighted by molar-refractivity contribution is 5.93. The zero-order valence-electron chi connectivity index (χ0n) is 14.1. The van der Waals surface area contributed by atoms with Crippen molar-refractivity contribution in [2.45, 2.75) is 12.8 Å². The summed E-state index contributed by atoms with van der Waals surface area (Å²) < 4.78 is 10.4.